The van der Waals surface area contributed by atoms with E-state index in [1.165, 1.54) is 4.68 Å². The SMILES string of the molecule is NC(=O)Cn1cc2c(n1)CN([C@H]1COC(c3cc(F)c(F)cc3F)[C@@H](N)C1)C2. The summed E-state index contributed by atoms with van der Waals surface area (Å²) >= 11 is 0. The second-order valence-corrected chi connectivity index (χ2v) is 7.27. The number of nitrogens with zero attached hydrogens (tertiary/aromatic N) is 3. The summed E-state index contributed by atoms with van der Waals surface area (Å²) in [4.78, 5) is 13.1. The minimum Gasteiger partial charge on any atom is -0.370 e. The molecule has 4 N–H and O–H groups in total. The average Bonchev–Trinajstić information content (AvgIpc) is 3.16. The molecule has 0 saturated carbocycles. The second-order valence-electron chi connectivity index (χ2n) is 7.27. The van der Waals surface area contributed by atoms with Crippen molar-refractivity contribution >= 4 is 5.91 Å². The van der Waals surface area contributed by atoms with E-state index in [1.807, 2.05) is 0 Å². The van der Waals surface area contributed by atoms with Gasteiger partial charge in [0.05, 0.1) is 12.3 Å². The van der Waals surface area contributed by atoms with Crippen molar-refractivity contribution in [3.05, 3.63) is 52.6 Å². The molecule has 2 aliphatic rings. The lowest BCUT2D eigenvalue weighted by molar-refractivity contribution is -0.118. The van der Waals surface area contributed by atoms with E-state index < -0.39 is 35.5 Å². The number of hydrogen-bond acceptors (Lipinski definition) is 5. The van der Waals surface area contributed by atoms with Crippen molar-refractivity contribution in [1.82, 2.24) is 14.7 Å². The number of rotatable bonds is 4. The van der Waals surface area contributed by atoms with Crippen molar-refractivity contribution in [2.24, 2.45) is 11.5 Å². The monoisotopic (exact) mass is 395 g/mol. The fourth-order valence-corrected chi connectivity index (χ4v) is 3.91. The van der Waals surface area contributed by atoms with Crippen LogP contribution in [0.25, 0.3) is 0 Å². The first-order chi connectivity index (χ1) is 13.3. The summed E-state index contributed by atoms with van der Waals surface area (Å²) < 4.78 is 48.0. The number of amides is 1. The van der Waals surface area contributed by atoms with Crippen LogP contribution in [-0.2, 0) is 29.2 Å². The molecule has 28 heavy (non-hydrogen) atoms. The Morgan fingerprint density at radius 1 is 1.21 bits per heavy atom. The maximum absolute atomic E-state index is 14.1. The van der Waals surface area contributed by atoms with Gasteiger partial charge in [0.15, 0.2) is 11.6 Å². The van der Waals surface area contributed by atoms with Crippen molar-refractivity contribution in [2.45, 2.75) is 44.2 Å². The summed E-state index contributed by atoms with van der Waals surface area (Å²) in [6.07, 6.45) is 1.47. The number of primary amides is 1. The van der Waals surface area contributed by atoms with Gasteiger partial charge in [-0.2, -0.15) is 5.10 Å². The van der Waals surface area contributed by atoms with Crippen molar-refractivity contribution in [3.8, 4) is 0 Å². The van der Waals surface area contributed by atoms with Gasteiger partial charge in [-0.1, -0.05) is 0 Å². The predicted octanol–water partition coefficient (Wildman–Crippen LogP) is 0.959. The maximum Gasteiger partial charge on any atom is 0.239 e. The molecule has 3 atom stereocenters. The van der Waals surface area contributed by atoms with Crippen LogP contribution in [0, 0.1) is 17.5 Å². The third-order valence-corrected chi connectivity index (χ3v) is 5.23. The van der Waals surface area contributed by atoms with E-state index in [1.54, 1.807) is 6.20 Å². The number of benzene rings is 1. The predicted molar refractivity (Wildman–Crippen MR) is 92.1 cm³/mol. The van der Waals surface area contributed by atoms with E-state index in [-0.39, 0.29) is 24.8 Å². The van der Waals surface area contributed by atoms with Crippen LogP contribution in [0.15, 0.2) is 18.3 Å². The molecule has 0 spiro atoms. The molecule has 0 bridgehead atoms. The molecule has 1 unspecified atom stereocenters. The molecule has 10 heteroatoms. The Balaban J connectivity index is 1.41. The molecule has 1 aromatic heterocycles. The van der Waals surface area contributed by atoms with Crippen LogP contribution in [0.4, 0.5) is 13.2 Å². The van der Waals surface area contributed by atoms with Crippen LogP contribution >= 0.6 is 0 Å². The molecule has 2 aromatic rings. The van der Waals surface area contributed by atoms with Gasteiger partial charge < -0.3 is 16.2 Å². The van der Waals surface area contributed by atoms with Gasteiger partial charge in [0.25, 0.3) is 0 Å². The lowest BCUT2D eigenvalue weighted by Crippen LogP contribution is -2.47. The van der Waals surface area contributed by atoms with Gasteiger partial charge in [-0.3, -0.25) is 14.4 Å². The minimum absolute atomic E-state index is 0.0154. The van der Waals surface area contributed by atoms with Gasteiger partial charge in [0, 0.05) is 48.6 Å². The van der Waals surface area contributed by atoms with E-state index >= 15 is 0 Å². The number of fused-ring (bicyclic) bond motifs is 1. The second kappa shape index (κ2) is 7.19. The highest BCUT2D eigenvalue weighted by atomic mass is 19.2. The normalized spacial score (nSPS) is 25.1. The van der Waals surface area contributed by atoms with Crippen molar-refractivity contribution in [3.63, 3.8) is 0 Å². The van der Waals surface area contributed by atoms with Gasteiger partial charge in [-0.05, 0) is 12.5 Å². The van der Waals surface area contributed by atoms with Gasteiger partial charge >= 0.3 is 0 Å². The van der Waals surface area contributed by atoms with Crippen LogP contribution in [0.5, 0.6) is 0 Å². The van der Waals surface area contributed by atoms with Crippen molar-refractivity contribution < 1.29 is 22.7 Å². The minimum atomic E-state index is -1.24. The molecule has 3 heterocycles. The zero-order chi connectivity index (χ0) is 20.0. The highest BCUT2D eigenvalue weighted by Crippen LogP contribution is 2.34. The van der Waals surface area contributed by atoms with Crippen LogP contribution < -0.4 is 11.5 Å². The van der Waals surface area contributed by atoms with Gasteiger partial charge in [-0.25, -0.2) is 13.2 Å². The summed E-state index contributed by atoms with van der Waals surface area (Å²) in [5.41, 5.74) is 13.2. The summed E-state index contributed by atoms with van der Waals surface area (Å²) in [6.45, 7) is 1.51. The fourth-order valence-electron chi connectivity index (χ4n) is 3.91. The Labute approximate surface area is 159 Å². The van der Waals surface area contributed by atoms with E-state index in [0.717, 1.165) is 17.3 Å². The Hall–Kier alpha value is -2.43. The highest BCUT2D eigenvalue weighted by Gasteiger charge is 2.37. The molecule has 7 nitrogen and oxygen atoms in total. The molecular formula is C18H20F3N5O2. The fraction of sp³-hybridized carbons (Fsp3) is 0.444. The third-order valence-electron chi connectivity index (χ3n) is 5.23. The first-order valence-corrected chi connectivity index (χ1v) is 8.91. The molecule has 0 radical (unpaired) electrons. The molecule has 1 aromatic carbocycles. The summed E-state index contributed by atoms with van der Waals surface area (Å²) in [5.74, 6) is -3.71. The van der Waals surface area contributed by atoms with E-state index in [9.17, 15) is 18.0 Å². The van der Waals surface area contributed by atoms with Crippen molar-refractivity contribution in [2.75, 3.05) is 6.61 Å². The molecule has 0 aliphatic carbocycles. The van der Waals surface area contributed by atoms with E-state index in [2.05, 4.69) is 10.00 Å². The van der Waals surface area contributed by atoms with Crippen LogP contribution in [0.2, 0.25) is 0 Å². The molecule has 1 fully saturated rings. The number of hydrogen-bond donors (Lipinski definition) is 2. The molecule has 2 aliphatic heterocycles. The lowest BCUT2D eigenvalue weighted by atomic mass is 9.93. The molecule has 150 valence electrons. The van der Waals surface area contributed by atoms with Gasteiger partial charge in [-0.15, -0.1) is 0 Å². The third kappa shape index (κ3) is 3.50. The Bertz CT molecular complexity index is 895. The number of nitrogens with two attached hydrogens (primary N) is 2. The summed E-state index contributed by atoms with van der Waals surface area (Å²) in [7, 11) is 0. The molecular weight excluding hydrogens is 375 g/mol. The highest BCUT2D eigenvalue weighted by molar-refractivity contribution is 5.73. The molecule has 1 amide bonds. The van der Waals surface area contributed by atoms with Crippen LogP contribution in [-0.4, -0.2) is 39.3 Å². The van der Waals surface area contributed by atoms with E-state index in [0.29, 0.717) is 25.6 Å². The summed E-state index contributed by atoms with van der Waals surface area (Å²) in [6, 6.07) is 0.735. The number of halogens is 3. The van der Waals surface area contributed by atoms with Crippen molar-refractivity contribution in [1.29, 1.82) is 0 Å². The quantitative estimate of drug-likeness (QED) is 0.752. The Kier molecular flexibility index (Phi) is 4.86. The lowest BCUT2D eigenvalue weighted by Gasteiger charge is -2.38. The topological polar surface area (TPSA) is 99.4 Å². The molecule has 4 rings (SSSR count). The van der Waals surface area contributed by atoms with Gasteiger partial charge in [0.2, 0.25) is 5.91 Å². The zero-order valence-corrected chi connectivity index (χ0v) is 14.9. The average molecular weight is 395 g/mol. The largest absolute Gasteiger partial charge is 0.370 e. The Morgan fingerprint density at radius 3 is 2.64 bits per heavy atom. The Morgan fingerprint density at radius 2 is 1.96 bits per heavy atom. The standard InChI is InChI=1S/C18H20F3N5O2/c19-12-3-14(21)13(20)2-11(12)18-15(22)1-10(8-28-18)25-4-9-5-26(7-17(23)27)24-16(9)6-25/h2-3,5,10,15,18H,1,4,6-8,22H2,(H2,23,27)/t10-,15+,18?/m1/s1. The van der Waals surface area contributed by atoms with Crippen LogP contribution in [0.1, 0.15) is 29.3 Å². The smallest absolute Gasteiger partial charge is 0.239 e. The first-order valence-electron chi connectivity index (χ1n) is 8.91. The number of aromatic nitrogens is 2. The maximum atomic E-state index is 14.1. The zero-order valence-electron chi connectivity index (χ0n) is 14.9. The van der Waals surface area contributed by atoms with Gasteiger partial charge in [0.1, 0.15) is 18.5 Å². The van der Waals surface area contributed by atoms with E-state index in [4.69, 9.17) is 16.2 Å². The van der Waals surface area contributed by atoms with Crippen LogP contribution in [0.3, 0.4) is 0 Å². The number of ether oxygens (including phenoxy) is 1. The first kappa shape index (κ1) is 18.9. The molecule has 1 saturated heterocycles. The number of carbonyl (C=O) groups excluding carboxylic acids is 1. The summed E-state index contributed by atoms with van der Waals surface area (Å²) in [5, 5.41) is 4.36. The number of carbonyl (C=O) groups is 1.